The number of hydrogen-bond donors (Lipinski definition) is 1. The third-order valence-electron chi connectivity index (χ3n) is 3.82. The molecule has 2 unspecified atom stereocenters. The Morgan fingerprint density at radius 2 is 1.83 bits per heavy atom. The molecule has 0 aromatic rings. The molecule has 2 N–H and O–H groups in total. The molecule has 0 amide bonds. The predicted molar refractivity (Wildman–Crippen MR) is 75.7 cm³/mol. The Hall–Kier alpha value is -1.97. The highest BCUT2D eigenvalue weighted by molar-refractivity contribution is 5.44. The summed E-state index contributed by atoms with van der Waals surface area (Å²) in [6.45, 7) is 3.18. The number of rotatable bonds is 6. The molecule has 0 heterocycles. The largest absolute Gasteiger partial charge is 0.416 e. The molecule has 1 rings (SSSR count). The van der Waals surface area contributed by atoms with Gasteiger partial charge in [0, 0.05) is 16.6 Å². The first-order valence-corrected chi connectivity index (χ1v) is 7.09. The number of nitro groups is 2. The maximum atomic E-state index is 13.2. The molecule has 0 bridgehead atoms. The normalized spacial score (nSPS) is 25.3. The Morgan fingerprint density at radius 1 is 1.26 bits per heavy atom. The van der Waals surface area contributed by atoms with Crippen molar-refractivity contribution in [2.75, 3.05) is 0 Å². The van der Waals surface area contributed by atoms with Crippen molar-refractivity contribution in [2.45, 2.75) is 57.3 Å². The summed E-state index contributed by atoms with van der Waals surface area (Å²) in [5.74, 6) is 0. The lowest BCUT2D eigenvalue weighted by Gasteiger charge is -2.34. The van der Waals surface area contributed by atoms with Crippen molar-refractivity contribution in [1.82, 2.24) is 0 Å². The van der Waals surface area contributed by atoms with Crippen molar-refractivity contribution in [3.05, 3.63) is 43.1 Å². The van der Waals surface area contributed by atoms with E-state index >= 15 is 0 Å². The number of alkyl halides is 3. The Morgan fingerprint density at radius 3 is 2.17 bits per heavy atom. The monoisotopic (exact) mass is 337 g/mol. The van der Waals surface area contributed by atoms with Crippen molar-refractivity contribution >= 4 is 0 Å². The quantitative estimate of drug-likeness (QED) is 0.591. The Bertz CT molecular complexity index is 571. The Balaban J connectivity index is 3.75. The SMILES string of the molecule is CCCC1=C(C(F)(F)F)C=C([N+](=O)[O-])C(N)(CCC)C1[N+](=O)[O-]. The highest BCUT2D eigenvalue weighted by atomic mass is 19.4. The van der Waals surface area contributed by atoms with Crippen LogP contribution in [0.5, 0.6) is 0 Å². The van der Waals surface area contributed by atoms with Gasteiger partial charge in [-0.05, 0) is 12.8 Å². The summed E-state index contributed by atoms with van der Waals surface area (Å²) in [6.07, 6.45) is -4.45. The van der Waals surface area contributed by atoms with Gasteiger partial charge in [0.2, 0.25) is 0 Å². The van der Waals surface area contributed by atoms with E-state index in [0.29, 0.717) is 6.08 Å². The van der Waals surface area contributed by atoms with Crippen LogP contribution in [-0.2, 0) is 0 Å². The van der Waals surface area contributed by atoms with E-state index in [0.717, 1.165) is 0 Å². The summed E-state index contributed by atoms with van der Waals surface area (Å²) in [5.41, 5.74) is 1.08. The Kier molecular flexibility index (Phi) is 5.51. The van der Waals surface area contributed by atoms with Crippen LogP contribution in [0, 0.1) is 20.2 Å². The van der Waals surface area contributed by atoms with Crippen LogP contribution >= 0.6 is 0 Å². The van der Waals surface area contributed by atoms with Gasteiger partial charge in [-0.2, -0.15) is 13.2 Å². The summed E-state index contributed by atoms with van der Waals surface area (Å²) in [4.78, 5) is 20.6. The molecule has 1 aliphatic rings. The second-order valence-corrected chi connectivity index (χ2v) is 5.45. The molecular weight excluding hydrogens is 319 g/mol. The number of nitrogens with two attached hydrogens (primary N) is 1. The number of allylic oxidation sites excluding steroid dienone is 2. The van der Waals surface area contributed by atoms with Crippen LogP contribution in [0.3, 0.4) is 0 Å². The van der Waals surface area contributed by atoms with E-state index in [4.69, 9.17) is 5.73 Å². The first-order valence-electron chi connectivity index (χ1n) is 7.09. The average molecular weight is 337 g/mol. The van der Waals surface area contributed by atoms with Crippen molar-refractivity contribution in [2.24, 2.45) is 5.73 Å². The van der Waals surface area contributed by atoms with Gasteiger partial charge in [-0.25, -0.2) is 0 Å². The number of nitrogens with zero attached hydrogens (tertiary/aromatic N) is 2. The fraction of sp³-hybridized carbons (Fsp3) is 0.692. The van der Waals surface area contributed by atoms with Crippen LogP contribution in [0.4, 0.5) is 13.2 Å². The molecule has 0 aromatic heterocycles. The summed E-state index contributed by atoms with van der Waals surface area (Å²) in [7, 11) is 0. The van der Waals surface area contributed by atoms with Crippen LogP contribution in [0.1, 0.15) is 39.5 Å². The van der Waals surface area contributed by atoms with Crippen LogP contribution in [-0.4, -0.2) is 27.6 Å². The lowest BCUT2D eigenvalue weighted by atomic mass is 9.73. The smallest absolute Gasteiger partial charge is 0.310 e. The fourth-order valence-corrected chi connectivity index (χ4v) is 2.98. The second-order valence-electron chi connectivity index (χ2n) is 5.45. The minimum absolute atomic E-state index is 0.163. The first-order chi connectivity index (χ1) is 10.5. The average Bonchev–Trinajstić information content (AvgIpc) is 2.36. The molecule has 10 heteroatoms. The van der Waals surface area contributed by atoms with Crippen molar-refractivity contribution in [3.63, 3.8) is 0 Å². The molecular formula is C13H18F3N3O4. The molecule has 0 saturated heterocycles. The van der Waals surface area contributed by atoms with Gasteiger partial charge in [0.25, 0.3) is 11.7 Å². The highest BCUT2D eigenvalue weighted by Gasteiger charge is 2.59. The molecule has 23 heavy (non-hydrogen) atoms. The highest BCUT2D eigenvalue weighted by Crippen LogP contribution is 2.43. The maximum absolute atomic E-state index is 13.2. The van der Waals surface area contributed by atoms with Crippen LogP contribution in [0.15, 0.2) is 22.9 Å². The minimum atomic E-state index is -4.92. The van der Waals surface area contributed by atoms with E-state index in [1.807, 2.05) is 0 Å². The zero-order valence-electron chi connectivity index (χ0n) is 12.7. The van der Waals surface area contributed by atoms with Crippen molar-refractivity contribution in [3.8, 4) is 0 Å². The minimum Gasteiger partial charge on any atom is -0.310 e. The molecule has 0 fully saturated rings. The van der Waals surface area contributed by atoms with E-state index in [1.54, 1.807) is 13.8 Å². The van der Waals surface area contributed by atoms with Gasteiger partial charge in [0.1, 0.15) is 0 Å². The van der Waals surface area contributed by atoms with Crippen LogP contribution in [0.25, 0.3) is 0 Å². The van der Waals surface area contributed by atoms with E-state index < -0.39 is 44.4 Å². The molecule has 0 spiro atoms. The first kappa shape index (κ1) is 19.1. The standard InChI is InChI=1S/C13H18F3N3O4/c1-3-5-8-9(13(14,15)16)7-10(18(20)21)12(17,6-4-2)11(8)19(22)23/h7,11H,3-6,17H2,1-2H3. The van der Waals surface area contributed by atoms with E-state index in [9.17, 15) is 33.4 Å². The Labute approximate surface area is 130 Å². The third-order valence-corrected chi connectivity index (χ3v) is 3.82. The molecule has 7 nitrogen and oxygen atoms in total. The zero-order chi connectivity index (χ0) is 18.0. The summed E-state index contributed by atoms with van der Waals surface area (Å²) >= 11 is 0. The molecule has 1 aliphatic carbocycles. The van der Waals surface area contributed by atoms with Gasteiger partial charge in [0.05, 0.1) is 10.5 Å². The van der Waals surface area contributed by atoms with Gasteiger partial charge in [-0.3, -0.25) is 20.2 Å². The molecule has 0 aliphatic heterocycles. The summed E-state index contributed by atoms with van der Waals surface area (Å²) in [5, 5.41) is 22.6. The van der Waals surface area contributed by atoms with Crippen molar-refractivity contribution in [1.29, 1.82) is 0 Å². The lowest BCUT2D eigenvalue weighted by molar-refractivity contribution is -0.534. The van der Waals surface area contributed by atoms with Gasteiger partial charge < -0.3 is 5.73 Å². The van der Waals surface area contributed by atoms with Crippen molar-refractivity contribution < 1.29 is 23.0 Å². The van der Waals surface area contributed by atoms with Crippen LogP contribution < -0.4 is 5.73 Å². The molecule has 2 atom stereocenters. The molecule has 130 valence electrons. The topological polar surface area (TPSA) is 112 Å². The van der Waals surface area contributed by atoms with Crippen LogP contribution in [0.2, 0.25) is 0 Å². The van der Waals surface area contributed by atoms with E-state index in [1.165, 1.54) is 0 Å². The fourth-order valence-electron chi connectivity index (χ4n) is 2.98. The molecule has 0 radical (unpaired) electrons. The van der Waals surface area contributed by atoms with Gasteiger partial charge in [0.15, 0.2) is 5.54 Å². The zero-order valence-corrected chi connectivity index (χ0v) is 12.7. The number of halogens is 3. The van der Waals surface area contributed by atoms with Gasteiger partial charge >= 0.3 is 6.18 Å². The predicted octanol–water partition coefficient (Wildman–Crippen LogP) is 2.96. The van der Waals surface area contributed by atoms with E-state index in [-0.39, 0.29) is 25.7 Å². The second kappa shape index (κ2) is 6.65. The third kappa shape index (κ3) is 3.52. The number of hydrogen-bond acceptors (Lipinski definition) is 5. The maximum Gasteiger partial charge on any atom is 0.416 e. The molecule has 0 saturated carbocycles. The van der Waals surface area contributed by atoms with Gasteiger partial charge in [-0.15, -0.1) is 0 Å². The van der Waals surface area contributed by atoms with E-state index in [2.05, 4.69) is 0 Å². The lowest BCUT2D eigenvalue weighted by Crippen LogP contribution is -2.60. The van der Waals surface area contributed by atoms with Gasteiger partial charge in [-0.1, -0.05) is 26.7 Å². The summed E-state index contributed by atoms with van der Waals surface area (Å²) < 4.78 is 39.7. The molecule has 0 aromatic carbocycles. The summed E-state index contributed by atoms with van der Waals surface area (Å²) in [6, 6.07) is -1.97.